The van der Waals surface area contributed by atoms with E-state index >= 15 is 0 Å². The number of fused-ring (bicyclic) bond motifs is 1. The molecular weight excluding hydrogens is 474 g/mol. The van der Waals surface area contributed by atoms with Crippen LogP contribution in [0.1, 0.15) is 49.1 Å². The molecule has 3 aromatic carbocycles. The molecule has 3 aliphatic rings. The molecule has 3 aromatic rings. The molecule has 0 aromatic heterocycles. The lowest BCUT2D eigenvalue weighted by Crippen LogP contribution is -2.49. The normalized spacial score (nSPS) is 20.2. The van der Waals surface area contributed by atoms with Crippen molar-refractivity contribution in [1.29, 1.82) is 0 Å². The van der Waals surface area contributed by atoms with Crippen molar-refractivity contribution in [3.63, 3.8) is 0 Å². The molecule has 0 spiro atoms. The van der Waals surface area contributed by atoms with E-state index < -0.39 is 5.97 Å². The molecule has 194 valence electrons. The number of benzene rings is 3. The number of esters is 1. The Balaban J connectivity index is 1.09. The van der Waals surface area contributed by atoms with Gasteiger partial charge in [0.25, 0.3) is 0 Å². The van der Waals surface area contributed by atoms with E-state index in [9.17, 15) is 4.79 Å². The van der Waals surface area contributed by atoms with Crippen LogP contribution in [0.25, 0.3) is 10.8 Å². The van der Waals surface area contributed by atoms with Crippen molar-refractivity contribution < 1.29 is 9.53 Å². The van der Waals surface area contributed by atoms with E-state index in [0.717, 1.165) is 22.0 Å². The van der Waals surface area contributed by atoms with E-state index in [0.29, 0.717) is 49.7 Å². The van der Waals surface area contributed by atoms with E-state index in [1.807, 2.05) is 42.5 Å². The third-order valence-electron chi connectivity index (χ3n) is 7.80. The number of aliphatic imine (C=N–C) groups is 2. The number of piperazine rings is 1. The Labute approximate surface area is 223 Å². The fraction of sp³-hybridized carbons (Fsp3) is 0.323. The van der Waals surface area contributed by atoms with Crippen LogP contribution in [0.4, 0.5) is 5.69 Å². The van der Waals surface area contributed by atoms with Gasteiger partial charge in [-0.2, -0.15) is 0 Å². The Bertz CT molecular complexity index is 1410. The van der Waals surface area contributed by atoms with Crippen LogP contribution < -0.4 is 5.73 Å². The summed E-state index contributed by atoms with van der Waals surface area (Å²) >= 11 is 0. The maximum Gasteiger partial charge on any atom is 0.365 e. The molecule has 0 atom stereocenters. The largest absolute Gasteiger partial charge is 0.402 e. The Morgan fingerprint density at radius 1 is 0.921 bits per heavy atom. The van der Waals surface area contributed by atoms with Crippen LogP contribution in [0.3, 0.4) is 0 Å². The first kappa shape index (κ1) is 24.2. The van der Waals surface area contributed by atoms with Gasteiger partial charge in [-0.05, 0) is 53.3 Å². The fourth-order valence-electron chi connectivity index (χ4n) is 5.64. The summed E-state index contributed by atoms with van der Waals surface area (Å²) in [6.07, 6.45) is 8.41. The zero-order chi connectivity index (χ0) is 25.9. The number of hydrogen-bond donors (Lipinski definition) is 1. The van der Waals surface area contributed by atoms with Crippen LogP contribution in [-0.2, 0) is 9.53 Å². The molecule has 2 aliphatic heterocycles. The number of carbonyl (C=O) groups is 1. The van der Waals surface area contributed by atoms with Crippen LogP contribution in [0, 0.1) is 0 Å². The van der Waals surface area contributed by atoms with Crippen molar-refractivity contribution in [2.75, 3.05) is 26.2 Å². The van der Waals surface area contributed by atoms with Gasteiger partial charge >= 0.3 is 5.97 Å². The number of guanidine groups is 1. The maximum atomic E-state index is 12.6. The highest BCUT2D eigenvalue weighted by atomic mass is 16.6. The second-order valence-electron chi connectivity index (χ2n) is 10.3. The first-order chi connectivity index (χ1) is 18.6. The van der Waals surface area contributed by atoms with E-state index in [2.05, 4.69) is 44.1 Å². The van der Waals surface area contributed by atoms with E-state index in [-0.39, 0.29) is 0 Å². The van der Waals surface area contributed by atoms with Crippen molar-refractivity contribution >= 4 is 34.3 Å². The van der Waals surface area contributed by atoms with Crippen molar-refractivity contribution in [1.82, 2.24) is 9.80 Å². The highest BCUT2D eigenvalue weighted by molar-refractivity contribution is 6.16. The van der Waals surface area contributed by atoms with Gasteiger partial charge in [0.1, 0.15) is 0 Å². The zero-order valence-corrected chi connectivity index (χ0v) is 21.6. The number of carbonyl (C=O) groups excluding carboxylic acids is 1. The minimum absolute atomic E-state index is 0.320. The average Bonchev–Trinajstić information content (AvgIpc) is 3.33. The van der Waals surface area contributed by atoms with Gasteiger partial charge in [0, 0.05) is 37.9 Å². The van der Waals surface area contributed by atoms with Gasteiger partial charge in [0.15, 0.2) is 11.7 Å². The Hall–Kier alpha value is -4.13. The number of hydrogen-bond acceptors (Lipinski definition) is 5. The highest BCUT2D eigenvalue weighted by Crippen LogP contribution is 2.33. The Kier molecular flexibility index (Phi) is 6.82. The standard InChI is InChI=1S/C31H33N5O2/c32-31(33-25-15-13-23(14-16-25)22-7-2-1-3-8-22)36-19-17-35(18-20-36)21-28-30(37)38-29(34-28)27-12-6-10-24-9-4-5-11-26(24)27/h4-6,9-16,21-22H,1-3,7-8,17-20H2,(H2,32,33). The molecule has 0 radical (unpaired) electrons. The van der Waals surface area contributed by atoms with E-state index in [4.69, 9.17) is 10.5 Å². The fourth-order valence-corrected chi connectivity index (χ4v) is 5.64. The first-order valence-electron chi connectivity index (χ1n) is 13.6. The minimum atomic E-state index is -0.423. The summed E-state index contributed by atoms with van der Waals surface area (Å²) in [7, 11) is 0. The van der Waals surface area contributed by atoms with Gasteiger partial charge in [0.05, 0.1) is 5.69 Å². The molecule has 0 bridgehead atoms. The molecule has 2 N–H and O–H groups in total. The molecule has 6 rings (SSSR count). The minimum Gasteiger partial charge on any atom is -0.402 e. The average molecular weight is 508 g/mol. The number of ether oxygens (including phenoxy) is 1. The summed E-state index contributed by atoms with van der Waals surface area (Å²) in [5.41, 5.74) is 9.81. The summed E-state index contributed by atoms with van der Waals surface area (Å²) in [5, 5.41) is 2.09. The van der Waals surface area contributed by atoms with Crippen molar-refractivity contribution in [2.45, 2.75) is 38.0 Å². The second kappa shape index (κ2) is 10.7. The van der Waals surface area contributed by atoms with Crippen LogP contribution in [0.2, 0.25) is 0 Å². The van der Waals surface area contributed by atoms with Crippen LogP contribution in [-0.4, -0.2) is 53.8 Å². The summed E-state index contributed by atoms with van der Waals surface area (Å²) in [5.74, 6) is 1.14. The van der Waals surface area contributed by atoms with E-state index in [1.54, 1.807) is 6.20 Å². The van der Waals surface area contributed by atoms with Crippen molar-refractivity contribution in [3.8, 4) is 0 Å². The van der Waals surface area contributed by atoms with Gasteiger partial charge < -0.3 is 20.3 Å². The summed E-state index contributed by atoms with van der Waals surface area (Å²) < 4.78 is 5.55. The van der Waals surface area contributed by atoms with E-state index in [1.165, 1.54) is 37.7 Å². The number of rotatable bonds is 4. The lowest BCUT2D eigenvalue weighted by Gasteiger charge is -2.34. The number of nitrogens with zero attached hydrogens (tertiary/aromatic N) is 4. The smallest absolute Gasteiger partial charge is 0.365 e. The molecule has 1 saturated heterocycles. The third kappa shape index (κ3) is 5.14. The lowest BCUT2D eigenvalue weighted by atomic mass is 9.84. The molecule has 1 aliphatic carbocycles. The SMILES string of the molecule is NC(=Nc1ccc(C2CCCCC2)cc1)N1CCN(C=C2N=C(c3cccc4ccccc34)OC2=O)CC1. The van der Waals surface area contributed by atoms with Crippen molar-refractivity contribution in [3.05, 3.63) is 89.8 Å². The van der Waals surface area contributed by atoms with Crippen LogP contribution >= 0.6 is 0 Å². The second-order valence-corrected chi connectivity index (χ2v) is 10.3. The van der Waals surface area contributed by atoms with Gasteiger partial charge in [0.2, 0.25) is 5.90 Å². The third-order valence-corrected chi connectivity index (χ3v) is 7.80. The van der Waals surface area contributed by atoms with Crippen LogP contribution in [0.5, 0.6) is 0 Å². The summed E-state index contributed by atoms with van der Waals surface area (Å²) in [6.45, 7) is 2.86. The predicted molar refractivity (Wildman–Crippen MR) is 151 cm³/mol. The molecular formula is C31H33N5O2. The predicted octanol–water partition coefficient (Wildman–Crippen LogP) is 5.30. The lowest BCUT2D eigenvalue weighted by molar-refractivity contribution is -0.130. The Morgan fingerprint density at radius 3 is 2.45 bits per heavy atom. The quantitative estimate of drug-likeness (QED) is 0.224. The topological polar surface area (TPSA) is 83.5 Å². The van der Waals surface area contributed by atoms with Gasteiger partial charge in [-0.25, -0.2) is 14.8 Å². The monoisotopic (exact) mass is 507 g/mol. The molecule has 2 fully saturated rings. The molecule has 38 heavy (non-hydrogen) atoms. The highest BCUT2D eigenvalue weighted by Gasteiger charge is 2.27. The van der Waals surface area contributed by atoms with Crippen LogP contribution in [0.15, 0.2) is 88.6 Å². The maximum absolute atomic E-state index is 12.6. The van der Waals surface area contributed by atoms with Gasteiger partial charge in [-0.3, -0.25) is 0 Å². The molecule has 0 amide bonds. The number of cyclic esters (lactones) is 1. The molecule has 7 nitrogen and oxygen atoms in total. The first-order valence-corrected chi connectivity index (χ1v) is 13.6. The molecule has 0 unspecified atom stereocenters. The van der Waals surface area contributed by atoms with Crippen molar-refractivity contribution in [2.24, 2.45) is 15.7 Å². The van der Waals surface area contributed by atoms with Gasteiger partial charge in [-0.1, -0.05) is 67.8 Å². The summed E-state index contributed by atoms with van der Waals surface area (Å²) in [4.78, 5) is 26.0. The molecule has 1 saturated carbocycles. The molecule has 7 heteroatoms. The molecule has 2 heterocycles. The number of nitrogens with two attached hydrogens (primary N) is 1. The zero-order valence-electron chi connectivity index (χ0n) is 21.6. The summed E-state index contributed by atoms with van der Waals surface area (Å²) in [6, 6.07) is 22.5. The Morgan fingerprint density at radius 2 is 1.66 bits per heavy atom. The van der Waals surface area contributed by atoms with Gasteiger partial charge in [-0.15, -0.1) is 0 Å².